The molecule has 0 aliphatic rings. The highest BCUT2D eigenvalue weighted by Gasteiger charge is 2.61. The molecule has 0 aromatic carbocycles. The van der Waals surface area contributed by atoms with Crippen LogP contribution in [0.15, 0.2) is 0 Å². The molecule has 0 saturated carbocycles. The van der Waals surface area contributed by atoms with E-state index >= 15 is 0 Å². The molecular weight excluding hydrogens is 568 g/mol. The van der Waals surface area contributed by atoms with Crippen LogP contribution in [0.2, 0.25) is 0 Å². The third-order valence-corrected chi connectivity index (χ3v) is 6.34. The minimum Gasteiger partial charge on any atom is -0.481 e. The Morgan fingerprint density at radius 2 is 0.643 bits per heavy atom. The van der Waals surface area contributed by atoms with Gasteiger partial charge in [0, 0.05) is 12.2 Å². The molecule has 0 spiro atoms. The molecule has 16 nitrogen and oxygen atoms in total. The first-order chi connectivity index (χ1) is 18.8. The van der Waals surface area contributed by atoms with Crippen LogP contribution in [-0.2, 0) is 28.8 Å². The predicted octanol–water partition coefficient (Wildman–Crippen LogP) is 1.11. The summed E-state index contributed by atoms with van der Waals surface area (Å²) in [5.74, 6) is -9.86. The molecule has 0 aromatic rings. The van der Waals surface area contributed by atoms with E-state index in [1.807, 2.05) is 0 Å². The number of hydrogen-bond donors (Lipinski definition) is 10. The van der Waals surface area contributed by atoms with Crippen molar-refractivity contribution in [1.29, 1.82) is 0 Å². The van der Waals surface area contributed by atoms with Crippen LogP contribution < -0.4 is 0 Å². The first-order valence-electron chi connectivity index (χ1n) is 13.0. The van der Waals surface area contributed by atoms with Crippen molar-refractivity contribution in [2.24, 2.45) is 10.8 Å². The van der Waals surface area contributed by atoms with Crippen LogP contribution in [0.25, 0.3) is 0 Å². The molecule has 0 saturated heterocycles. The SMILES string of the molecule is CC(C)O.CC(C)O.CCC(CC)(C(=O)O)C(O)(CC(=O)O)C(=O)O.CCC(CC)(C(=O)O)C(O)(CC(=O)O)C(=O)O. The number of rotatable bonds is 14. The molecule has 0 aliphatic carbocycles. The van der Waals surface area contributed by atoms with Crippen molar-refractivity contribution in [3.63, 3.8) is 0 Å². The third kappa shape index (κ3) is 12.7. The second kappa shape index (κ2) is 19.7. The van der Waals surface area contributed by atoms with Gasteiger partial charge in [0.1, 0.15) is 10.8 Å². The maximum atomic E-state index is 11.2. The maximum absolute atomic E-state index is 11.2. The fraction of sp³-hybridized carbons (Fsp3) is 0.769. The summed E-state index contributed by atoms with van der Waals surface area (Å²) >= 11 is 0. The molecule has 0 aliphatic heterocycles. The van der Waals surface area contributed by atoms with Gasteiger partial charge in [-0.1, -0.05) is 27.7 Å². The fourth-order valence-electron chi connectivity index (χ4n) is 3.97. The maximum Gasteiger partial charge on any atom is 0.337 e. The lowest BCUT2D eigenvalue weighted by molar-refractivity contribution is -0.195. The van der Waals surface area contributed by atoms with Gasteiger partial charge in [0.15, 0.2) is 11.2 Å². The topological polar surface area (TPSA) is 305 Å². The molecule has 10 N–H and O–H groups in total. The lowest BCUT2D eigenvalue weighted by atomic mass is 9.66. The minimum absolute atomic E-state index is 0.167. The zero-order valence-corrected chi connectivity index (χ0v) is 25.3. The van der Waals surface area contributed by atoms with Crippen molar-refractivity contribution in [2.75, 3.05) is 0 Å². The van der Waals surface area contributed by atoms with Gasteiger partial charge >= 0.3 is 35.8 Å². The quantitative estimate of drug-likeness (QED) is 0.131. The Morgan fingerprint density at radius 3 is 0.714 bits per heavy atom. The van der Waals surface area contributed by atoms with Gasteiger partial charge in [-0.05, 0) is 53.4 Å². The Balaban J connectivity index is -0.000000273. The Morgan fingerprint density at radius 1 is 0.476 bits per heavy atom. The highest BCUT2D eigenvalue weighted by atomic mass is 16.4. The summed E-state index contributed by atoms with van der Waals surface area (Å²) in [4.78, 5) is 65.7. The molecule has 0 radical (unpaired) electrons. The summed E-state index contributed by atoms with van der Waals surface area (Å²) in [6.45, 7) is 12.5. The number of aliphatic hydroxyl groups is 4. The molecule has 16 heteroatoms. The number of aliphatic hydroxyl groups excluding tert-OH is 2. The molecule has 42 heavy (non-hydrogen) atoms. The molecule has 0 amide bonds. The van der Waals surface area contributed by atoms with E-state index in [-0.39, 0.29) is 37.9 Å². The third-order valence-electron chi connectivity index (χ3n) is 6.34. The molecular formula is C26H48O16. The first kappa shape index (κ1) is 45.6. The Labute approximate surface area is 244 Å². The van der Waals surface area contributed by atoms with E-state index in [0.29, 0.717) is 0 Å². The molecule has 0 fully saturated rings. The fourth-order valence-corrected chi connectivity index (χ4v) is 3.97. The first-order valence-corrected chi connectivity index (χ1v) is 13.0. The smallest absolute Gasteiger partial charge is 0.337 e. The number of aliphatic carboxylic acids is 6. The summed E-state index contributed by atoms with van der Waals surface area (Å²) in [5.41, 5.74) is -9.68. The standard InChI is InChI=1S/2C10H16O7.2C3H8O/c2*1-3-9(4-2,7(13)14)10(17,8(15)16)5-6(11)12;2*1-3(2)4/h2*17H,3-5H2,1-2H3,(H,11,12)(H,13,14)(H,15,16);2*3-4H,1-2H3. The zero-order chi connectivity index (χ0) is 34.9. The second-order valence-corrected chi connectivity index (χ2v) is 9.85. The van der Waals surface area contributed by atoms with Crippen LogP contribution in [0.5, 0.6) is 0 Å². The minimum atomic E-state index is -2.83. The second-order valence-electron chi connectivity index (χ2n) is 9.85. The summed E-state index contributed by atoms with van der Waals surface area (Å²) in [6.07, 6.45) is -3.39. The van der Waals surface area contributed by atoms with Crippen molar-refractivity contribution < 1.29 is 79.8 Å². The molecule has 248 valence electrons. The van der Waals surface area contributed by atoms with E-state index in [2.05, 4.69) is 0 Å². The Bertz CT molecular complexity index is 811. The average Bonchev–Trinajstić information content (AvgIpc) is 2.79. The van der Waals surface area contributed by atoms with E-state index in [0.717, 1.165) is 0 Å². The van der Waals surface area contributed by atoms with Gasteiger partial charge in [0.2, 0.25) is 0 Å². The normalized spacial score (nSPS) is 13.9. The number of hydrogen-bond acceptors (Lipinski definition) is 10. The van der Waals surface area contributed by atoms with E-state index in [4.69, 9.17) is 40.9 Å². The molecule has 2 unspecified atom stereocenters. The number of carbonyl (C=O) groups is 6. The van der Waals surface area contributed by atoms with Crippen LogP contribution in [0, 0.1) is 10.8 Å². The molecule has 0 heterocycles. The van der Waals surface area contributed by atoms with E-state index in [9.17, 15) is 39.0 Å². The highest BCUT2D eigenvalue weighted by Crippen LogP contribution is 2.42. The molecule has 0 aromatic heterocycles. The summed E-state index contributed by atoms with van der Waals surface area (Å²) in [6, 6.07) is 0. The lowest BCUT2D eigenvalue weighted by Crippen LogP contribution is -2.58. The largest absolute Gasteiger partial charge is 0.481 e. The van der Waals surface area contributed by atoms with E-state index in [1.165, 1.54) is 27.7 Å². The Hall–Kier alpha value is -3.34. The zero-order valence-electron chi connectivity index (χ0n) is 25.3. The molecule has 2 atom stereocenters. The average molecular weight is 617 g/mol. The van der Waals surface area contributed by atoms with Gasteiger partial charge in [-0.25, -0.2) is 9.59 Å². The highest BCUT2D eigenvalue weighted by molar-refractivity contribution is 5.93. The van der Waals surface area contributed by atoms with Gasteiger partial charge in [-0.3, -0.25) is 19.2 Å². The lowest BCUT2D eigenvalue weighted by Gasteiger charge is -2.39. The van der Waals surface area contributed by atoms with Crippen molar-refractivity contribution in [2.45, 2.75) is 117 Å². The Kier molecular flexibility index (Phi) is 21.4. The van der Waals surface area contributed by atoms with E-state index < -0.39 is 70.7 Å². The monoisotopic (exact) mass is 616 g/mol. The van der Waals surface area contributed by atoms with Crippen LogP contribution in [-0.4, -0.2) is 110 Å². The predicted molar refractivity (Wildman–Crippen MR) is 146 cm³/mol. The van der Waals surface area contributed by atoms with Gasteiger partial charge in [-0.2, -0.15) is 0 Å². The van der Waals surface area contributed by atoms with Crippen molar-refractivity contribution in [3.8, 4) is 0 Å². The molecule has 0 rings (SSSR count). The number of carboxylic acids is 6. The van der Waals surface area contributed by atoms with Crippen LogP contribution in [0.1, 0.15) is 93.9 Å². The van der Waals surface area contributed by atoms with Crippen molar-refractivity contribution in [1.82, 2.24) is 0 Å². The van der Waals surface area contributed by atoms with Crippen molar-refractivity contribution in [3.05, 3.63) is 0 Å². The summed E-state index contributed by atoms with van der Waals surface area (Å²) in [5, 5.41) is 89.4. The van der Waals surface area contributed by atoms with Gasteiger partial charge < -0.3 is 51.1 Å². The van der Waals surface area contributed by atoms with Gasteiger partial charge in [-0.15, -0.1) is 0 Å². The van der Waals surface area contributed by atoms with E-state index in [1.54, 1.807) is 27.7 Å². The molecule has 0 bridgehead atoms. The summed E-state index contributed by atoms with van der Waals surface area (Å²) < 4.78 is 0. The van der Waals surface area contributed by atoms with Gasteiger partial charge in [0.25, 0.3) is 0 Å². The van der Waals surface area contributed by atoms with Crippen LogP contribution in [0.3, 0.4) is 0 Å². The van der Waals surface area contributed by atoms with Crippen LogP contribution >= 0.6 is 0 Å². The summed E-state index contributed by atoms with van der Waals surface area (Å²) in [7, 11) is 0. The van der Waals surface area contributed by atoms with Crippen LogP contribution in [0.4, 0.5) is 0 Å². The van der Waals surface area contributed by atoms with Crippen molar-refractivity contribution >= 4 is 35.8 Å². The number of carboxylic acid groups (broad SMARTS) is 6. The van der Waals surface area contributed by atoms with Gasteiger partial charge in [0.05, 0.1) is 12.8 Å².